The minimum atomic E-state index is 0.485. The molecule has 0 fully saturated rings. The lowest BCUT2D eigenvalue weighted by Crippen LogP contribution is -2.08. The molecule has 0 aliphatic rings. The summed E-state index contributed by atoms with van der Waals surface area (Å²) in [6, 6.07) is 12.0. The Morgan fingerprint density at radius 3 is 2.73 bits per heavy atom. The number of anilines is 2. The monoisotopic (exact) mass is 346 g/mol. The van der Waals surface area contributed by atoms with E-state index in [9.17, 15) is 0 Å². The fourth-order valence-corrected chi connectivity index (χ4v) is 2.72. The van der Waals surface area contributed by atoms with Gasteiger partial charge in [-0.1, -0.05) is 24.3 Å². The van der Waals surface area contributed by atoms with Gasteiger partial charge in [0.25, 0.3) is 0 Å². The molecule has 8 nitrogen and oxygen atoms in total. The van der Waals surface area contributed by atoms with Gasteiger partial charge in [0.1, 0.15) is 5.82 Å². The number of rotatable bonds is 6. The van der Waals surface area contributed by atoms with E-state index in [1.807, 2.05) is 29.1 Å². The molecule has 1 aromatic carbocycles. The summed E-state index contributed by atoms with van der Waals surface area (Å²) >= 11 is 0. The van der Waals surface area contributed by atoms with Gasteiger partial charge in [0, 0.05) is 25.1 Å². The lowest BCUT2D eigenvalue weighted by molar-refractivity contribution is 0.682. The Morgan fingerprint density at radius 1 is 1.08 bits per heavy atom. The number of hydrogen-bond donors (Lipinski definition) is 3. The van der Waals surface area contributed by atoms with Gasteiger partial charge in [0.05, 0.1) is 24.0 Å². The van der Waals surface area contributed by atoms with Crippen molar-refractivity contribution in [3.8, 4) is 11.3 Å². The molecule has 0 unspecified atom stereocenters. The van der Waals surface area contributed by atoms with Crippen LogP contribution in [0.4, 0.5) is 11.8 Å². The summed E-state index contributed by atoms with van der Waals surface area (Å²) < 4.78 is 1.90. The van der Waals surface area contributed by atoms with Gasteiger partial charge in [-0.25, -0.2) is 9.97 Å². The highest BCUT2D eigenvalue weighted by Crippen LogP contribution is 2.22. The van der Waals surface area contributed by atoms with Crippen LogP contribution in [0, 0.1) is 0 Å². The van der Waals surface area contributed by atoms with E-state index < -0.39 is 0 Å². The zero-order valence-electron chi connectivity index (χ0n) is 14.0. The quantitative estimate of drug-likeness (QED) is 0.494. The van der Waals surface area contributed by atoms with Gasteiger partial charge in [-0.3, -0.25) is 9.78 Å². The molecule has 3 heterocycles. The van der Waals surface area contributed by atoms with E-state index in [2.05, 4.69) is 42.7 Å². The van der Waals surface area contributed by atoms with Gasteiger partial charge >= 0.3 is 0 Å². The summed E-state index contributed by atoms with van der Waals surface area (Å²) in [7, 11) is 0. The van der Waals surface area contributed by atoms with E-state index >= 15 is 0 Å². The van der Waals surface area contributed by atoms with E-state index in [0.29, 0.717) is 18.3 Å². The molecule has 26 heavy (non-hydrogen) atoms. The van der Waals surface area contributed by atoms with Crippen molar-refractivity contribution < 1.29 is 0 Å². The van der Waals surface area contributed by atoms with Crippen molar-refractivity contribution >= 4 is 11.8 Å². The summed E-state index contributed by atoms with van der Waals surface area (Å²) in [6.45, 7) is 1.33. The van der Waals surface area contributed by atoms with Crippen LogP contribution >= 0.6 is 0 Å². The third-order valence-electron chi connectivity index (χ3n) is 4.05. The predicted octanol–water partition coefficient (Wildman–Crippen LogP) is 2.31. The van der Waals surface area contributed by atoms with Crippen LogP contribution in [0.1, 0.15) is 11.1 Å². The first-order valence-electron chi connectivity index (χ1n) is 8.20. The van der Waals surface area contributed by atoms with Crippen LogP contribution in [0.25, 0.3) is 11.3 Å². The van der Waals surface area contributed by atoms with Gasteiger partial charge in [0.15, 0.2) is 0 Å². The topological polar surface area (TPSA) is 110 Å². The molecule has 0 saturated carbocycles. The van der Waals surface area contributed by atoms with Crippen LogP contribution in [-0.2, 0) is 13.1 Å². The number of hydrogen-bond acceptors (Lipinski definition) is 6. The molecule has 4 rings (SSSR count). The summed E-state index contributed by atoms with van der Waals surface area (Å²) in [6.07, 6.45) is 7.08. The molecule has 0 radical (unpaired) electrons. The first-order chi connectivity index (χ1) is 12.8. The molecule has 130 valence electrons. The third-order valence-corrected chi connectivity index (χ3v) is 4.05. The van der Waals surface area contributed by atoms with Crippen LogP contribution < -0.4 is 11.1 Å². The highest BCUT2D eigenvalue weighted by molar-refractivity contribution is 5.70. The lowest BCUT2D eigenvalue weighted by atomic mass is 10.1. The molecule has 4 aromatic rings. The smallest absolute Gasteiger partial charge is 0.223 e. The van der Waals surface area contributed by atoms with Gasteiger partial charge < -0.3 is 11.1 Å². The molecule has 0 atom stereocenters. The molecular formula is C18H18N8. The van der Waals surface area contributed by atoms with E-state index in [1.165, 1.54) is 11.1 Å². The summed E-state index contributed by atoms with van der Waals surface area (Å²) in [5, 5.41) is 14.2. The van der Waals surface area contributed by atoms with Gasteiger partial charge in [0.2, 0.25) is 5.95 Å². The van der Waals surface area contributed by atoms with Crippen molar-refractivity contribution in [2.45, 2.75) is 13.1 Å². The highest BCUT2D eigenvalue weighted by atomic mass is 15.3. The normalized spacial score (nSPS) is 10.8. The maximum Gasteiger partial charge on any atom is 0.223 e. The Bertz CT molecular complexity index is 990. The highest BCUT2D eigenvalue weighted by Gasteiger charge is 2.08. The van der Waals surface area contributed by atoms with E-state index in [0.717, 1.165) is 17.8 Å². The van der Waals surface area contributed by atoms with Gasteiger partial charge in [-0.2, -0.15) is 10.2 Å². The largest absolute Gasteiger partial charge is 0.384 e. The zero-order valence-corrected chi connectivity index (χ0v) is 14.0. The number of nitrogens with one attached hydrogen (secondary N) is 2. The molecule has 0 aliphatic heterocycles. The van der Waals surface area contributed by atoms with Crippen LogP contribution in [0.2, 0.25) is 0 Å². The SMILES string of the molecule is Nc1[nH]ncc1-c1ccnc(NCc2ccccc2Cn2cccn2)n1. The first kappa shape index (κ1) is 15.8. The standard InChI is InChI=1S/C18H18N8/c19-17-15(11-22-25-17)16-6-8-20-18(24-16)21-10-13-4-1-2-5-14(13)12-26-9-3-7-23-26/h1-9,11H,10,12H2,(H3,19,22,25)(H,20,21,24). The molecule has 0 saturated heterocycles. The van der Waals surface area contributed by atoms with Crippen molar-refractivity contribution in [3.05, 3.63) is 72.3 Å². The molecule has 0 bridgehead atoms. The Kier molecular flexibility index (Phi) is 4.29. The fourth-order valence-electron chi connectivity index (χ4n) is 2.72. The minimum absolute atomic E-state index is 0.485. The molecule has 8 heteroatoms. The molecule has 0 amide bonds. The second-order valence-corrected chi connectivity index (χ2v) is 5.79. The number of aromatic nitrogens is 6. The van der Waals surface area contributed by atoms with E-state index in [1.54, 1.807) is 24.7 Å². The number of nitrogen functional groups attached to an aromatic ring is 1. The number of benzene rings is 1. The maximum atomic E-state index is 5.86. The predicted molar refractivity (Wildman–Crippen MR) is 99.1 cm³/mol. The molecule has 3 aromatic heterocycles. The van der Waals surface area contributed by atoms with Crippen LogP contribution in [0.3, 0.4) is 0 Å². The Balaban J connectivity index is 1.51. The number of nitrogens with two attached hydrogens (primary N) is 1. The average molecular weight is 346 g/mol. The Labute approximate surface area is 150 Å². The third kappa shape index (κ3) is 3.39. The first-order valence-corrected chi connectivity index (χ1v) is 8.20. The van der Waals surface area contributed by atoms with Crippen molar-refractivity contribution in [3.63, 3.8) is 0 Å². The van der Waals surface area contributed by atoms with Crippen molar-refractivity contribution in [1.82, 2.24) is 29.9 Å². The lowest BCUT2D eigenvalue weighted by Gasteiger charge is -2.11. The Morgan fingerprint density at radius 2 is 1.96 bits per heavy atom. The van der Waals surface area contributed by atoms with Gasteiger partial charge in [-0.15, -0.1) is 0 Å². The zero-order chi connectivity index (χ0) is 17.8. The van der Waals surface area contributed by atoms with Gasteiger partial charge in [-0.05, 0) is 23.3 Å². The van der Waals surface area contributed by atoms with Crippen molar-refractivity contribution in [2.75, 3.05) is 11.1 Å². The Hall–Kier alpha value is -3.68. The second kappa shape index (κ2) is 7.06. The number of H-pyrrole nitrogens is 1. The van der Waals surface area contributed by atoms with Crippen molar-refractivity contribution in [1.29, 1.82) is 0 Å². The number of nitrogens with zero attached hydrogens (tertiary/aromatic N) is 5. The second-order valence-electron chi connectivity index (χ2n) is 5.79. The number of aromatic amines is 1. The summed E-state index contributed by atoms with van der Waals surface area (Å²) in [5.41, 5.74) is 9.70. The van der Waals surface area contributed by atoms with Crippen LogP contribution in [0.5, 0.6) is 0 Å². The summed E-state index contributed by atoms with van der Waals surface area (Å²) in [5.74, 6) is 1.02. The maximum absolute atomic E-state index is 5.86. The van der Waals surface area contributed by atoms with Crippen LogP contribution in [0.15, 0.2) is 61.2 Å². The van der Waals surface area contributed by atoms with Crippen LogP contribution in [-0.4, -0.2) is 29.9 Å². The molecule has 0 spiro atoms. The molecular weight excluding hydrogens is 328 g/mol. The minimum Gasteiger partial charge on any atom is -0.384 e. The molecule has 4 N–H and O–H groups in total. The molecule has 0 aliphatic carbocycles. The average Bonchev–Trinajstić information content (AvgIpc) is 3.33. The van der Waals surface area contributed by atoms with E-state index in [-0.39, 0.29) is 0 Å². The summed E-state index contributed by atoms with van der Waals surface area (Å²) in [4.78, 5) is 8.80. The van der Waals surface area contributed by atoms with Crippen molar-refractivity contribution in [2.24, 2.45) is 0 Å². The van der Waals surface area contributed by atoms with E-state index in [4.69, 9.17) is 5.73 Å². The fraction of sp³-hybridized carbons (Fsp3) is 0.111.